The smallest absolute Gasteiger partial charge is 0.195 e. The van der Waals surface area contributed by atoms with Gasteiger partial charge in [-0.15, -0.1) is 10.2 Å². The molecule has 1 fully saturated rings. The van der Waals surface area contributed by atoms with E-state index in [2.05, 4.69) is 22.3 Å². The summed E-state index contributed by atoms with van der Waals surface area (Å²) in [6.45, 7) is 1.06. The SMILES string of the molecule is Fc1ccc(-n2c(Cc3ccccc3)nnc2SCC2CCOCO2)cc1. The Bertz CT molecular complexity index is 865. The molecule has 0 spiro atoms. The highest BCUT2D eigenvalue weighted by atomic mass is 32.2. The van der Waals surface area contributed by atoms with Crippen LogP contribution in [0.5, 0.6) is 0 Å². The minimum absolute atomic E-state index is 0.139. The fraction of sp³-hybridized carbons (Fsp3) is 0.300. The summed E-state index contributed by atoms with van der Waals surface area (Å²) in [5, 5.41) is 9.58. The molecule has 3 aromatic rings. The normalized spacial score (nSPS) is 17.1. The van der Waals surface area contributed by atoms with E-state index >= 15 is 0 Å². The molecule has 0 radical (unpaired) electrons. The number of rotatable bonds is 6. The highest BCUT2D eigenvalue weighted by Gasteiger charge is 2.19. The summed E-state index contributed by atoms with van der Waals surface area (Å²) < 4.78 is 26.2. The fourth-order valence-electron chi connectivity index (χ4n) is 2.94. The summed E-state index contributed by atoms with van der Waals surface area (Å²) in [4.78, 5) is 0. The van der Waals surface area contributed by atoms with E-state index in [0.29, 0.717) is 13.2 Å². The van der Waals surface area contributed by atoms with Gasteiger partial charge in [0.15, 0.2) is 5.16 Å². The van der Waals surface area contributed by atoms with Crippen LogP contribution in [0.15, 0.2) is 59.8 Å². The Kier molecular flexibility index (Phi) is 5.81. The fourth-order valence-corrected chi connectivity index (χ4v) is 3.97. The highest BCUT2D eigenvalue weighted by molar-refractivity contribution is 7.99. The molecule has 1 unspecified atom stereocenters. The zero-order valence-electron chi connectivity index (χ0n) is 14.8. The third-order valence-corrected chi connectivity index (χ3v) is 5.42. The first-order valence-corrected chi connectivity index (χ1v) is 9.84. The quantitative estimate of drug-likeness (QED) is 0.603. The lowest BCUT2D eigenvalue weighted by atomic mass is 10.1. The first kappa shape index (κ1) is 18.2. The van der Waals surface area contributed by atoms with Crippen molar-refractivity contribution in [3.8, 4) is 5.69 Å². The molecular formula is C20H20FN3O2S. The lowest BCUT2D eigenvalue weighted by Crippen LogP contribution is -2.25. The average Bonchev–Trinajstić information content (AvgIpc) is 3.11. The van der Waals surface area contributed by atoms with Crippen molar-refractivity contribution in [2.75, 3.05) is 19.2 Å². The van der Waals surface area contributed by atoms with Crippen molar-refractivity contribution >= 4 is 11.8 Å². The maximum atomic E-state index is 13.4. The number of thioether (sulfide) groups is 1. The van der Waals surface area contributed by atoms with Gasteiger partial charge in [0, 0.05) is 17.9 Å². The van der Waals surface area contributed by atoms with Crippen LogP contribution in [0.3, 0.4) is 0 Å². The van der Waals surface area contributed by atoms with E-state index in [9.17, 15) is 4.39 Å². The molecule has 0 amide bonds. The first-order chi connectivity index (χ1) is 13.3. The largest absolute Gasteiger partial charge is 0.355 e. The predicted octanol–water partition coefficient (Wildman–Crippen LogP) is 3.85. The lowest BCUT2D eigenvalue weighted by molar-refractivity contribution is -0.130. The van der Waals surface area contributed by atoms with Crippen LogP contribution in [0.4, 0.5) is 4.39 Å². The van der Waals surface area contributed by atoms with Crippen LogP contribution >= 0.6 is 11.8 Å². The molecule has 0 aliphatic carbocycles. The Morgan fingerprint density at radius 2 is 1.89 bits per heavy atom. The Balaban J connectivity index is 1.60. The standard InChI is InChI=1S/C20H20FN3O2S/c21-16-6-8-17(9-7-16)24-19(12-15-4-2-1-3-5-15)22-23-20(24)27-13-18-10-11-25-14-26-18/h1-9,18H,10-14H2. The van der Waals surface area contributed by atoms with E-state index in [1.54, 1.807) is 23.9 Å². The van der Waals surface area contributed by atoms with Gasteiger partial charge >= 0.3 is 0 Å². The second-order valence-corrected chi connectivity index (χ2v) is 7.27. The van der Waals surface area contributed by atoms with Gasteiger partial charge in [-0.05, 0) is 36.2 Å². The van der Waals surface area contributed by atoms with E-state index in [0.717, 1.165) is 41.0 Å². The summed E-state index contributed by atoms with van der Waals surface area (Å²) >= 11 is 1.60. The van der Waals surface area contributed by atoms with Gasteiger partial charge in [0.2, 0.25) is 0 Å². The van der Waals surface area contributed by atoms with Gasteiger partial charge in [0.25, 0.3) is 0 Å². The van der Waals surface area contributed by atoms with Crippen LogP contribution in [-0.2, 0) is 15.9 Å². The summed E-state index contributed by atoms with van der Waals surface area (Å²) in [7, 11) is 0. The second kappa shape index (κ2) is 8.65. The molecule has 1 aromatic heterocycles. The Labute approximate surface area is 161 Å². The zero-order valence-corrected chi connectivity index (χ0v) is 15.6. The van der Waals surface area contributed by atoms with Crippen molar-refractivity contribution in [1.82, 2.24) is 14.8 Å². The Morgan fingerprint density at radius 3 is 2.63 bits per heavy atom. The van der Waals surface area contributed by atoms with Gasteiger partial charge in [-0.2, -0.15) is 0 Å². The first-order valence-electron chi connectivity index (χ1n) is 8.86. The van der Waals surface area contributed by atoms with Crippen LogP contribution in [0.1, 0.15) is 17.8 Å². The second-order valence-electron chi connectivity index (χ2n) is 6.29. The monoisotopic (exact) mass is 385 g/mol. The molecule has 7 heteroatoms. The summed E-state index contributed by atoms with van der Waals surface area (Å²) in [5.41, 5.74) is 2.00. The minimum Gasteiger partial charge on any atom is -0.355 e. The van der Waals surface area contributed by atoms with E-state index < -0.39 is 0 Å². The van der Waals surface area contributed by atoms with Crippen molar-refractivity contribution in [2.45, 2.75) is 24.1 Å². The van der Waals surface area contributed by atoms with Gasteiger partial charge in [-0.25, -0.2) is 4.39 Å². The van der Waals surface area contributed by atoms with Gasteiger partial charge in [0.05, 0.1) is 12.7 Å². The number of hydrogen-bond acceptors (Lipinski definition) is 5. The molecule has 5 nitrogen and oxygen atoms in total. The molecule has 1 atom stereocenters. The summed E-state index contributed by atoms with van der Waals surface area (Å²) in [5.74, 6) is 1.33. The third kappa shape index (κ3) is 4.55. The van der Waals surface area contributed by atoms with E-state index in [-0.39, 0.29) is 11.9 Å². The van der Waals surface area contributed by atoms with Gasteiger partial charge < -0.3 is 9.47 Å². The van der Waals surface area contributed by atoms with Crippen LogP contribution in [0, 0.1) is 5.82 Å². The molecular weight excluding hydrogens is 365 g/mol. The van der Waals surface area contributed by atoms with Gasteiger partial charge in [0.1, 0.15) is 18.4 Å². The molecule has 1 aliphatic heterocycles. The topological polar surface area (TPSA) is 49.2 Å². The maximum Gasteiger partial charge on any atom is 0.195 e. The van der Waals surface area contributed by atoms with Crippen molar-refractivity contribution in [3.05, 3.63) is 71.8 Å². The molecule has 0 bridgehead atoms. The third-order valence-electron chi connectivity index (χ3n) is 4.36. The molecule has 1 saturated heterocycles. The minimum atomic E-state index is -0.263. The number of nitrogens with zero attached hydrogens (tertiary/aromatic N) is 3. The maximum absolute atomic E-state index is 13.4. The molecule has 0 N–H and O–H groups in total. The van der Waals surface area contributed by atoms with E-state index in [1.807, 2.05) is 22.8 Å². The molecule has 0 saturated carbocycles. The Morgan fingerprint density at radius 1 is 1.07 bits per heavy atom. The lowest BCUT2D eigenvalue weighted by Gasteiger charge is -2.22. The van der Waals surface area contributed by atoms with Crippen LogP contribution in [-0.4, -0.2) is 40.0 Å². The van der Waals surface area contributed by atoms with Crippen molar-refractivity contribution < 1.29 is 13.9 Å². The predicted molar refractivity (Wildman–Crippen MR) is 102 cm³/mol. The molecule has 140 valence electrons. The molecule has 2 aromatic carbocycles. The van der Waals surface area contributed by atoms with Crippen LogP contribution in [0.2, 0.25) is 0 Å². The van der Waals surface area contributed by atoms with Gasteiger partial charge in [-0.1, -0.05) is 42.1 Å². The number of benzene rings is 2. The number of ether oxygens (including phenoxy) is 2. The Hall–Kier alpha value is -2.22. The highest BCUT2D eigenvalue weighted by Crippen LogP contribution is 2.26. The average molecular weight is 385 g/mol. The summed E-state index contributed by atoms with van der Waals surface area (Å²) in [6.07, 6.45) is 1.66. The molecule has 27 heavy (non-hydrogen) atoms. The number of halogens is 1. The molecule has 2 heterocycles. The van der Waals surface area contributed by atoms with Gasteiger partial charge in [-0.3, -0.25) is 4.57 Å². The van der Waals surface area contributed by atoms with E-state index in [4.69, 9.17) is 9.47 Å². The van der Waals surface area contributed by atoms with Crippen molar-refractivity contribution in [1.29, 1.82) is 0 Å². The van der Waals surface area contributed by atoms with E-state index in [1.165, 1.54) is 12.1 Å². The zero-order chi connectivity index (χ0) is 18.5. The summed E-state index contributed by atoms with van der Waals surface area (Å²) in [6, 6.07) is 16.5. The van der Waals surface area contributed by atoms with Crippen LogP contribution < -0.4 is 0 Å². The van der Waals surface area contributed by atoms with Crippen molar-refractivity contribution in [2.24, 2.45) is 0 Å². The molecule has 4 rings (SSSR count). The molecule has 1 aliphatic rings. The number of hydrogen-bond donors (Lipinski definition) is 0. The van der Waals surface area contributed by atoms with Crippen molar-refractivity contribution in [3.63, 3.8) is 0 Å². The van der Waals surface area contributed by atoms with Crippen LogP contribution in [0.25, 0.3) is 5.69 Å². The number of aromatic nitrogens is 3.